The lowest BCUT2D eigenvalue weighted by molar-refractivity contribution is -0.0135. The van der Waals surface area contributed by atoms with E-state index < -0.39 is 0 Å². The molecule has 1 aliphatic rings. The number of morpholine rings is 1. The van der Waals surface area contributed by atoms with Crippen LogP contribution in [-0.2, 0) is 4.74 Å². The molecule has 120 valence electrons. The minimum absolute atomic E-state index is 0.157. The molecule has 3 rings (SSSR count). The molecule has 1 unspecified atom stereocenters. The van der Waals surface area contributed by atoms with Gasteiger partial charge in [0.25, 0.3) is 0 Å². The Morgan fingerprint density at radius 2 is 2.00 bits per heavy atom. The number of nitrogens with zero attached hydrogens (tertiary/aromatic N) is 2. The quantitative estimate of drug-likeness (QED) is 0.832. The van der Waals surface area contributed by atoms with Crippen molar-refractivity contribution < 1.29 is 9.53 Å². The molecule has 1 saturated heterocycles. The molecule has 0 spiro atoms. The number of halogens is 2. The Morgan fingerprint density at radius 3 is 2.70 bits per heavy atom. The average molecular weight is 352 g/mol. The number of hydrogen-bond donors (Lipinski definition) is 1. The minimum atomic E-state index is -0.184. The first-order valence-electron chi connectivity index (χ1n) is 7.16. The second kappa shape index (κ2) is 7.17. The van der Waals surface area contributed by atoms with E-state index in [1.807, 2.05) is 24.3 Å². The van der Waals surface area contributed by atoms with Gasteiger partial charge in [0.05, 0.1) is 25.0 Å². The van der Waals surface area contributed by atoms with Gasteiger partial charge in [-0.1, -0.05) is 35.3 Å². The number of rotatable bonds is 2. The molecule has 1 aliphatic heterocycles. The summed E-state index contributed by atoms with van der Waals surface area (Å²) in [5, 5.41) is 3.87. The van der Waals surface area contributed by atoms with Crippen LogP contribution in [0.3, 0.4) is 0 Å². The van der Waals surface area contributed by atoms with Gasteiger partial charge < -0.3 is 15.0 Å². The van der Waals surface area contributed by atoms with E-state index in [4.69, 9.17) is 27.9 Å². The number of urea groups is 1. The van der Waals surface area contributed by atoms with Gasteiger partial charge in [-0.25, -0.2) is 9.78 Å². The molecule has 7 heteroatoms. The molecule has 0 radical (unpaired) electrons. The lowest BCUT2D eigenvalue weighted by Gasteiger charge is -2.33. The first kappa shape index (κ1) is 16.1. The maximum atomic E-state index is 12.4. The van der Waals surface area contributed by atoms with Crippen LogP contribution in [0.4, 0.5) is 10.5 Å². The topological polar surface area (TPSA) is 54.5 Å². The van der Waals surface area contributed by atoms with E-state index in [1.165, 1.54) is 6.20 Å². The Balaban J connectivity index is 1.64. The zero-order chi connectivity index (χ0) is 16.2. The van der Waals surface area contributed by atoms with Crippen LogP contribution in [-0.4, -0.2) is 35.6 Å². The van der Waals surface area contributed by atoms with Gasteiger partial charge in [-0.3, -0.25) is 0 Å². The number of amides is 2. The molecule has 1 atom stereocenters. The van der Waals surface area contributed by atoms with Crippen LogP contribution in [0.1, 0.15) is 11.7 Å². The predicted octanol–water partition coefficient (Wildman–Crippen LogP) is 3.99. The highest BCUT2D eigenvalue weighted by Gasteiger charge is 2.25. The summed E-state index contributed by atoms with van der Waals surface area (Å²) in [6, 6.07) is 10.6. The fourth-order valence-corrected chi connectivity index (χ4v) is 2.60. The van der Waals surface area contributed by atoms with E-state index >= 15 is 0 Å². The molecular weight excluding hydrogens is 337 g/mol. The molecule has 1 aromatic carbocycles. The van der Waals surface area contributed by atoms with Crippen molar-refractivity contribution >= 4 is 34.9 Å². The highest BCUT2D eigenvalue weighted by molar-refractivity contribution is 6.30. The van der Waals surface area contributed by atoms with Gasteiger partial charge in [0.2, 0.25) is 0 Å². The van der Waals surface area contributed by atoms with E-state index in [-0.39, 0.29) is 12.1 Å². The summed E-state index contributed by atoms with van der Waals surface area (Å²) in [5.41, 5.74) is 1.61. The first-order chi connectivity index (χ1) is 11.1. The van der Waals surface area contributed by atoms with Crippen LogP contribution in [0.5, 0.6) is 0 Å². The van der Waals surface area contributed by atoms with Crippen LogP contribution in [0.15, 0.2) is 42.6 Å². The Morgan fingerprint density at radius 1 is 1.22 bits per heavy atom. The predicted molar refractivity (Wildman–Crippen MR) is 90.0 cm³/mol. The summed E-state index contributed by atoms with van der Waals surface area (Å²) in [6.07, 6.45) is 1.37. The normalized spacial score (nSPS) is 17.8. The molecule has 1 aromatic heterocycles. The number of benzene rings is 1. The Hall–Kier alpha value is -1.82. The van der Waals surface area contributed by atoms with Crippen molar-refractivity contribution in [2.45, 2.75) is 6.10 Å². The Kier molecular flexibility index (Phi) is 5.00. The molecule has 23 heavy (non-hydrogen) atoms. The smallest absolute Gasteiger partial charge is 0.322 e. The van der Waals surface area contributed by atoms with Crippen molar-refractivity contribution in [3.8, 4) is 0 Å². The van der Waals surface area contributed by atoms with Gasteiger partial charge >= 0.3 is 6.03 Å². The van der Waals surface area contributed by atoms with Gasteiger partial charge in [-0.05, 0) is 29.8 Å². The maximum absolute atomic E-state index is 12.4. The van der Waals surface area contributed by atoms with Gasteiger partial charge in [0, 0.05) is 11.6 Å². The first-order valence-corrected chi connectivity index (χ1v) is 7.92. The fourth-order valence-electron chi connectivity index (χ4n) is 2.37. The number of hydrogen-bond acceptors (Lipinski definition) is 3. The van der Waals surface area contributed by atoms with Gasteiger partial charge in [0.15, 0.2) is 0 Å². The number of ether oxygens (including phenoxy) is 1. The highest BCUT2D eigenvalue weighted by atomic mass is 35.5. The summed E-state index contributed by atoms with van der Waals surface area (Å²) in [4.78, 5) is 18.0. The van der Waals surface area contributed by atoms with Gasteiger partial charge in [-0.15, -0.1) is 0 Å². The molecule has 5 nitrogen and oxygen atoms in total. The lowest BCUT2D eigenvalue weighted by atomic mass is 10.1. The molecule has 2 amide bonds. The Labute approximate surface area is 144 Å². The van der Waals surface area contributed by atoms with Gasteiger partial charge in [-0.2, -0.15) is 0 Å². The van der Waals surface area contributed by atoms with Crippen molar-refractivity contribution in [3.05, 3.63) is 58.3 Å². The van der Waals surface area contributed by atoms with Crippen LogP contribution in [0.2, 0.25) is 10.2 Å². The van der Waals surface area contributed by atoms with Crippen molar-refractivity contribution in [3.63, 3.8) is 0 Å². The number of carbonyl (C=O) groups excluding carboxylic acids is 1. The third-order valence-electron chi connectivity index (χ3n) is 3.57. The molecule has 2 heterocycles. The lowest BCUT2D eigenvalue weighted by Crippen LogP contribution is -2.44. The summed E-state index contributed by atoms with van der Waals surface area (Å²) in [6.45, 7) is 1.50. The standard InChI is InChI=1S/C16H15Cl2N3O2/c17-12-3-1-11(2-4-12)14-10-21(7-8-23-14)16(22)20-13-5-6-15(18)19-9-13/h1-6,9,14H,7-8,10H2,(H,20,22). The van der Waals surface area contributed by atoms with Crippen molar-refractivity contribution in [2.75, 3.05) is 25.0 Å². The van der Waals surface area contributed by atoms with E-state index in [1.54, 1.807) is 17.0 Å². The van der Waals surface area contributed by atoms with E-state index in [9.17, 15) is 4.79 Å². The van der Waals surface area contributed by atoms with Crippen LogP contribution >= 0.6 is 23.2 Å². The molecule has 1 fully saturated rings. The zero-order valence-corrected chi connectivity index (χ0v) is 13.7. The molecule has 0 aliphatic carbocycles. The molecule has 1 N–H and O–H groups in total. The summed E-state index contributed by atoms with van der Waals surface area (Å²) >= 11 is 11.6. The third kappa shape index (κ3) is 4.13. The summed E-state index contributed by atoms with van der Waals surface area (Å²) in [7, 11) is 0. The second-order valence-corrected chi connectivity index (χ2v) is 5.98. The molecule has 0 bridgehead atoms. The second-order valence-electron chi connectivity index (χ2n) is 5.16. The van der Waals surface area contributed by atoms with Crippen molar-refractivity contribution in [2.24, 2.45) is 0 Å². The monoisotopic (exact) mass is 351 g/mol. The number of carbonyl (C=O) groups is 1. The van der Waals surface area contributed by atoms with Crippen molar-refractivity contribution in [1.29, 1.82) is 0 Å². The number of anilines is 1. The molecular formula is C16H15Cl2N3O2. The third-order valence-corrected chi connectivity index (χ3v) is 4.05. The summed E-state index contributed by atoms with van der Waals surface area (Å²) < 4.78 is 5.76. The van der Waals surface area contributed by atoms with E-state index in [0.717, 1.165) is 5.56 Å². The Bertz CT molecular complexity index is 677. The molecule has 2 aromatic rings. The maximum Gasteiger partial charge on any atom is 0.322 e. The SMILES string of the molecule is O=C(Nc1ccc(Cl)nc1)N1CCOC(c2ccc(Cl)cc2)C1. The minimum Gasteiger partial charge on any atom is -0.370 e. The van der Waals surface area contributed by atoms with E-state index in [2.05, 4.69) is 10.3 Å². The summed E-state index contributed by atoms with van der Waals surface area (Å²) in [5.74, 6) is 0. The highest BCUT2D eigenvalue weighted by Crippen LogP contribution is 2.24. The number of pyridine rings is 1. The van der Waals surface area contributed by atoms with E-state index in [0.29, 0.717) is 35.6 Å². The van der Waals surface area contributed by atoms with Crippen LogP contribution < -0.4 is 5.32 Å². The molecule has 0 saturated carbocycles. The van der Waals surface area contributed by atoms with Crippen LogP contribution in [0, 0.1) is 0 Å². The van der Waals surface area contributed by atoms with Crippen LogP contribution in [0.25, 0.3) is 0 Å². The van der Waals surface area contributed by atoms with Crippen molar-refractivity contribution in [1.82, 2.24) is 9.88 Å². The number of nitrogens with one attached hydrogen (secondary N) is 1. The van der Waals surface area contributed by atoms with Gasteiger partial charge in [0.1, 0.15) is 11.3 Å². The largest absolute Gasteiger partial charge is 0.370 e. The fraction of sp³-hybridized carbons (Fsp3) is 0.250. The average Bonchev–Trinajstić information content (AvgIpc) is 2.58. The zero-order valence-electron chi connectivity index (χ0n) is 12.2. The number of aromatic nitrogens is 1.